The molecule has 0 unspecified atom stereocenters. The number of halogens is 1. The number of hydrogen-bond donors (Lipinski definition) is 1. The number of hydrogen-bond acceptors (Lipinski definition) is 2. The SMILES string of the molecule is CC(C)CCOc1ccc(C(N)=S)c(F)c1. The highest BCUT2D eigenvalue weighted by atomic mass is 32.1. The summed E-state index contributed by atoms with van der Waals surface area (Å²) < 4.78 is 18.8. The van der Waals surface area contributed by atoms with Crippen LogP contribution in [-0.2, 0) is 0 Å². The van der Waals surface area contributed by atoms with Gasteiger partial charge in [-0.2, -0.15) is 0 Å². The Morgan fingerprint density at radius 3 is 2.69 bits per heavy atom. The fraction of sp³-hybridized carbons (Fsp3) is 0.417. The molecule has 1 aromatic rings. The van der Waals surface area contributed by atoms with E-state index < -0.39 is 5.82 Å². The summed E-state index contributed by atoms with van der Waals surface area (Å²) in [5.74, 6) is 0.647. The van der Waals surface area contributed by atoms with Crippen molar-refractivity contribution in [3.05, 3.63) is 29.6 Å². The molecule has 0 aliphatic rings. The van der Waals surface area contributed by atoms with E-state index in [1.54, 1.807) is 12.1 Å². The molecule has 0 bridgehead atoms. The standard InChI is InChI=1S/C12H16FNOS/c1-8(2)5-6-15-9-3-4-10(12(14)16)11(13)7-9/h3-4,7-8H,5-6H2,1-2H3,(H2,14,16). The van der Waals surface area contributed by atoms with Crippen molar-refractivity contribution >= 4 is 17.2 Å². The molecule has 2 N–H and O–H groups in total. The normalized spacial score (nSPS) is 10.5. The summed E-state index contributed by atoms with van der Waals surface area (Å²) in [6.45, 7) is 4.81. The van der Waals surface area contributed by atoms with Crippen molar-refractivity contribution in [2.75, 3.05) is 6.61 Å². The van der Waals surface area contributed by atoms with Gasteiger partial charge in [-0.1, -0.05) is 26.1 Å². The Kier molecular flexibility index (Phi) is 4.68. The van der Waals surface area contributed by atoms with Crippen LogP contribution < -0.4 is 10.5 Å². The van der Waals surface area contributed by atoms with Crippen molar-refractivity contribution in [2.24, 2.45) is 11.7 Å². The molecule has 1 rings (SSSR count). The first-order valence-electron chi connectivity index (χ1n) is 5.23. The lowest BCUT2D eigenvalue weighted by atomic mass is 10.1. The maximum Gasteiger partial charge on any atom is 0.137 e. The highest BCUT2D eigenvalue weighted by molar-refractivity contribution is 7.80. The Labute approximate surface area is 101 Å². The van der Waals surface area contributed by atoms with Crippen LogP contribution in [0.5, 0.6) is 5.75 Å². The van der Waals surface area contributed by atoms with Crippen molar-refractivity contribution < 1.29 is 9.13 Å². The molecule has 0 amide bonds. The summed E-state index contributed by atoms with van der Waals surface area (Å²) in [6, 6.07) is 4.54. The number of ether oxygens (including phenoxy) is 1. The summed E-state index contributed by atoms with van der Waals surface area (Å²) in [6.07, 6.45) is 0.943. The van der Waals surface area contributed by atoms with E-state index in [1.807, 2.05) is 0 Å². The second-order valence-electron chi connectivity index (χ2n) is 4.04. The van der Waals surface area contributed by atoms with Crippen LogP contribution in [0.4, 0.5) is 4.39 Å². The first-order chi connectivity index (χ1) is 7.50. The highest BCUT2D eigenvalue weighted by Gasteiger charge is 2.06. The Morgan fingerprint density at radius 1 is 1.50 bits per heavy atom. The van der Waals surface area contributed by atoms with E-state index in [0.29, 0.717) is 18.3 Å². The van der Waals surface area contributed by atoms with Gasteiger partial charge in [-0.05, 0) is 24.5 Å². The van der Waals surface area contributed by atoms with Crippen LogP contribution in [0, 0.1) is 11.7 Å². The summed E-state index contributed by atoms with van der Waals surface area (Å²) in [4.78, 5) is 0.0613. The Morgan fingerprint density at radius 2 is 2.19 bits per heavy atom. The van der Waals surface area contributed by atoms with Gasteiger partial charge in [-0.25, -0.2) is 4.39 Å². The number of rotatable bonds is 5. The minimum atomic E-state index is -0.436. The number of nitrogens with two attached hydrogens (primary N) is 1. The topological polar surface area (TPSA) is 35.2 Å². The zero-order valence-corrected chi connectivity index (χ0v) is 10.3. The Hall–Kier alpha value is -1.16. The van der Waals surface area contributed by atoms with Crippen molar-refractivity contribution in [3.8, 4) is 5.75 Å². The zero-order chi connectivity index (χ0) is 12.1. The van der Waals surface area contributed by atoms with Gasteiger partial charge in [0, 0.05) is 11.6 Å². The predicted octanol–water partition coefficient (Wildman–Crippen LogP) is 2.88. The molecule has 0 radical (unpaired) electrons. The molecule has 0 aromatic heterocycles. The molecule has 4 heteroatoms. The van der Waals surface area contributed by atoms with Gasteiger partial charge in [0.15, 0.2) is 0 Å². The lowest BCUT2D eigenvalue weighted by Gasteiger charge is -2.09. The fourth-order valence-corrected chi connectivity index (χ4v) is 1.36. The molecule has 0 aliphatic carbocycles. The van der Waals surface area contributed by atoms with E-state index >= 15 is 0 Å². The molecule has 16 heavy (non-hydrogen) atoms. The maximum atomic E-state index is 13.4. The van der Waals surface area contributed by atoms with Crippen LogP contribution in [0.15, 0.2) is 18.2 Å². The second-order valence-corrected chi connectivity index (χ2v) is 4.48. The van der Waals surface area contributed by atoms with Gasteiger partial charge in [-0.15, -0.1) is 0 Å². The average molecular weight is 241 g/mol. The first-order valence-corrected chi connectivity index (χ1v) is 5.63. The predicted molar refractivity (Wildman–Crippen MR) is 67.2 cm³/mol. The summed E-state index contributed by atoms with van der Waals surface area (Å²) in [5.41, 5.74) is 5.61. The molecule has 0 saturated heterocycles. The fourth-order valence-electron chi connectivity index (χ4n) is 1.20. The number of benzene rings is 1. The van der Waals surface area contributed by atoms with Crippen molar-refractivity contribution in [1.29, 1.82) is 0 Å². The quantitative estimate of drug-likeness (QED) is 0.805. The second kappa shape index (κ2) is 5.80. The molecule has 0 spiro atoms. The van der Waals surface area contributed by atoms with Gasteiger partial charge in [0.2, 0.25) is 0 Å². The molecular formula is C12H16FNOS. The Bertz CT molecular complexity index is 379. The van der Waals surface area contributed by atoms with Gasteiger partial charge in [0.05, 0.1) is 6.61 Å². The van der Waals surface area contributed by atoms with E-state index in [1.165, 1.54) is 6.07 Å². The minimum Gasteiger partial charge on any atom is -0.493 e. The monoisotopic (exact) mass is 241 g/mol. The van der Waals surface area contributed by atoms with Crippen LogP contribution in [0.3, 0.4) is 0 Å². The van der Waals surface area contributed by atoms with Gasteiger partial charge < -0.3 is 10.5 Å². The van der Waals surface area contributed by atoms with Crippen molar-refractivity contribution in [3.63, 3.8) is 0 Å². The maximum absolute atomic E-state index is 13.4. The molecule has 2 nitrogen and oxygen atoms in total. The van der Waals surface area contributed by atoms with Crippen LogP contribution >= 0.6 is 12.2 Å². The summed E-state index contributed by atoms with van der Waals surface area (Å²) >= 11 is 4.71. The van der Waals surface area contributed by atoms with Gasteiger partial charge >= 0.3 is 0 Å². The minimum absolute atomic E-state index is 0.0613. The lowest BCUT2D eigenvalue weighted by Crippen LogP contribution is -2.11. The van der Waals surface area contributed by atoms with Gasteiger partial charge in [0.1, 0.15) is 16.6 Å². The molecule has 0 atom stereocenters. The molecule has 0 fully saturated rings. The van der Waals surface area contributed by atoms with E-state index in [9.17, 15) is 4.39 Å². The van der Waals surface area contributed by atoms with Gasteiger partial charge in [-0.3, -0.25) is 0 Å². The summed E-state index contributed by atoms with van der Waals surface area (Å²) in [5, 5.41) is 0. The molecule has 88 valence electrons. The van der Waals surface area contributed by atoms with Gasteiger partial charge in [0.25, 0.3) is 0 Å². The molecule has 1 aromatic carbocycles. The molecule has 0 aliphatic heterocycles. The number of thiocarbonyl (C=S) groups is 1. The third-order valence-electron chi connectivity index (χ3n) is 2.17. The lowest BCUT2D eigenvalue weighted by molar-refractivity contribution is 0.288. The van der Waals surface area contributed by atoms with Crippen molar-refractivity contribution in [1.82, 2.24) is 0 Å². The average Bonchev–Trinajstić information content (AvgIpc) is 2.16. The van der Waals surface area contributed by atoms with Crippen LogP contribution in [0.1, 0.15) is 25.8 Å². The largest absolute Gasteiger partial charge is 0.493 e. The van der Waals surface area contributed by atoms with Crippen molar-refractivity contribution in [2.45, 2.75) is 20.3 Å². The molecule has 0 heterocycles. The molecule has 0 saturated carbocycles. The van der Waals surface area contributed by atoms with E-state index in [-0.39, 0.29) is 10.6 Å². The first kappa shape index (κ1) is 12.9. The Balaban J connectivity index is 2.63. The third-order valence-corrected chi connectivity index (χ3v) is 2.39. The highest BCUT2D eigenvalue weighted by Crippen LogP contribution is 2.17. The zero-order valence-electron chi connectivity index (χ0n) is 9.50. The summed E-state index contributed by atoms with van der Waals surface area (Å²) in [7, 11) is 0. The smallest absolute Gasteiger partial charge is 0.137 e. The van der Waals surface area contributed by atoms with E-state index in [0.717, 1.165) is 6.42 Å². The third kappa shape index (κ3) is 3.77. The van der Waals surface area contributed by atoms with E-state index in [4.69, 9.17) is 22.7 Å². The van der Waals surface area contributed by atoms with Crippen LogP contribution in [0.25, 0.3) is 0 Å². The molecular weight excluding hydrogens is 225 g/mol. The van der Waals surface area contributed by atoms with Crippen LogP contribution in [0.2, 0.25) is 0 Å². The van der Waals surface area contributed by atoms with Crippen LogP contribution in [-0.4, -0.2) is 11.6 Å². The van der Waals surface area contributed by atoms with E-state index in [2.05, 4.69) is 13.8 Å².